The maximum atomic E-state index is 16.1. The number of rotatable bonds is 4. The maximum Gasteiger partial charge on any atom is 0.417 e. The molecule has 14 heteroatoms. The number of aromatic amines is 1. The van der Waals surface area contributed by atoms with Gasteiger partial charge in [-0.05, 0) is 26.0 Å². The Morgan fingerprint density at radius 1 is 1.15 bits per heavy atom. The molecule has 9 nitrogen and oxygen atoms in total. The molecule has 0 aliphatic carbocycles. The summed E-state index contributed by atoms with van der Waals surface area (Å²) in [4.78, 5) is 42.5. The third-order valence-electron chi connectivity index (χ3n) is 7.01. The minimum Gasteiger partial charge on any atom is -0.465 e. The molecule has 0 radical (unpaired) electrons. The number of nitrogens with one attached hydrogen (secondary N) is 2. The van der Waals surface area contributed by atoms with Crippen molar-refractivity contribution in [2.45, 2.75) is 25.6 Å². The van der Waals surface area contributed by atoms with Gasteiger partial charge in [0.25, 0.3) is 5.91 Å². The topological polar surface area (TPSA) is 109 Å². The van der Waals surface area contributed by atoms with Crippen molar-refractivity contribution in [2.75, 3.05) is 50.0 Å². The monoisotopic (exact) mass is 555 g/mol. The van der Waals surface area contributed by atoms with E-state index in [1.807, 2.05) is 23.9 Å². The molecule has 39 heavy (non-hydrogen) atoms. The number of carbonyl (C=O) groups is 2. The number of hydrogen-bond acceptors (Lipinski definition) is 5. The van der Waals surface area contributed by atoms with Gasteiger partial charge in [-0.15, -0.1) is 0 Å². The molecule has 0 spiro atoms. The van der Waals surface area contributed by atoms with Crippen LogP contribution in [0, 0.1) is 11.6 Å². The fourth-order valence-corrected chi connectivity index (χ4v) is 4.68. The molecule has 2 amide bonds. The molecule has 1 aromatic heterocycles. The summed E-state index contributed by atoms with van der Waals surface area (Å²) in [6.45, 7) is 2.92. The van der Waals surface area contributed by atoms with Crippen LogP contribution in [-0.2, 0) is 6.18 Å². The summed E-state index contributed by atoms with van der Waals surface area (Å²) in [6.07, 6.45) is -4.32. The summed E-state index contributed by atoms with van der Waals surface area (Å²) in [5.41, 5.74) is -4.45. The van der Waals surface area contributed by atoms with E-state index in [0.29, 0.717) is 25.8 Å². The Hall–Kier alpha value is -3.94. The SMILES string of the molecule is C[C@H]1CN(c2cc(F)c(C3=CCN(C(=O)O)CC3)c(F)c2NC(=O)c2c[nH]c(=O)cc2C(F)(F)F)CCN1C. The summed E-state index contributed by atoms with van der Waals surface area (Å²) in [6, 6.07) is 1.21. The van der Waals surface area contributed by atoms with Gasteiger partial charge < -0.3 is 30.1 Å². The molecule has 0 unspecified atom stereocenters. The van der Waals surface area contributed by atoms with Gasteiger partial charge in [0.15, 0.2) is 5.82 Å². The highest BCUT2D eigenvalue weighted by atomic mass is 19.4. The Bertz CT molecular complexity index is 1390. The smallest absolute Gasteiger partial charge is 0.417 e. The zero-order valence-corrected chi connectivity index (χ0v) is 21.0. The number of piperazine rings is 1. The number of amides is 2. The number of alkyl halides is 3. The first kappa shape index (κ1) is 28.1. The number of aromatic nitrogens is 1. The molecule has 2 aliphatic rings. The van der Waals surface area contributed by atoms with Crippen molar-refractivity contribution in [1.29, 1.82) is 0 Å². The Balaban J connectivity index is 1.81. The van der Waals surface area contributed by atoms with Gasteiger partial charge in [0.2, 0.25) is 5.56 Å². The zero-order chi connectivity index (χ0) is 28.6. The van der Waals surface area contributed by atoms with Crippen molar-refractivity contribution in [1.82, 2.24) is 14.8 Å². The minimum absolute atomic E-state index is 0.0173. The summed E-state index contributed by atoms with van der Waals surface area (Å²) >= 11 is 0. The van der Waals surface area contributed by atoms with Crippen LogP contribution in [0.15, 0.2) is 29.2 Å². The van der Waals surface area contributed by atoms with Crippen LogP contribution in [-0.4, -0.2) is 77.7 Å². The van der Waals surface area contributed by atoms with Crippen LogP contribution in [0.1, 0.15) is 34.8 Å². The van der Waals surface area contributed by atoms with Gasteiger partial charge >= 0.3 is 12.3 Å². The molecule has 0 bridgehead atoms. The third kappa shape index (κ3) is 5.75. The average Bonchev–Trinajstić information content (AvgIpc) is 2.87. The average molecular weight is 556 g/mol. The number of halogens is 5. The standard InChI is InChI=1S/C25H26F5N5O4/c1-13-12-35(8-7-33(13)2)18-10-17(26)20(14-3-5-34(6-4-14)24(38)39)21(27)22(18)32-23(37)15-11-31-19(36)9-16(15)25(28,29)30/h3,9-11,13H,4-8,12H2,1-2H3,(H,31,36)(H,32,37)(H,38,39)/t13-/m0/s1. The van der Waals surface area contributed by atoms with Crippen molar-refractivity contribution in [3.8, 4) is 0 Å². The van der Waals surface area contributed by atoms with E-state index in [1.165, 1.54) is 6.08 Å². The summed E-state index contributed by atoms with van der Waals surface area (Å²) in [5, 5.41) is 11.4. The van der Waals surface area contributed by atoms with Gasteiger partial charge in [-0.2, -0.15) is 13.2 Å². The molecule has 1 atom stereocenters. The molecular weight excluding hydrogens is 529 g/mol. The largest absolute Gasteiger partial charge is 0.465 e. The number of likely N-dealkylation sites (N-methyl/N-ethyl adjacent to an activating group) is 1. The molecule has 210 valence electrons. The van der Waals surface area contributed by atoms with Gasteiger partial charge in [0.05, 0.1) is 22.4 Å². The van der Waals surface area contributed by atoms with E-state index in [2.05, 4.69) is 5.32 Å². The fraction of sp³-hybridized carbons (Fsp3) is 0.400. The van der Waals surface area contributed by atoms with Gasteiger partial charge in [-0.1, -0.05) is 6.08 Å². The van der Waals surface area contributed by atoms with Crippen LogP contribution in [0.3, 0.4) is 0 Å². The lowest BCUT2D eigenvalue weighted by Crippen LogP contribution is -2.50. The lowest BCUT2D eigenvalue weighted by Gasteiger charge is -2.40. The van der Waals surface area contributed by atoms with Gasteiger partial charge in [-0.25, -0.2) is 13.6 Å². The van der Waals surface area contributed by atoms with Gasteiger partial charge in [-0.3, -0.25) is 9.59 Å². The second kappa shape index (κ2) is 10.7. The van der Waals surface area contributed by atoms with Gasteiger partial charge in [0, 0.05) is 57.1 Å². The second-order valence-corrected chi connectivity index (χ2v) is 9.50. The molecule has 0 saturated carbocycles. The normalized spacial score (nSPS) is 18.6. The van der Waals surface area contributed by atoms with Crippen molar-refractivity contribution in [3.05, 3.63) is 63.1 Å². The minimum atomic E-state index is -5.05. The Labute approximate surface area is 219 Å². The van der Waals surface area contributed by atoms with Crippen molar-refractivity contribution in [2.24, 2.45) is 0 Å². The number of hydrogen-bond donors (Lipinski definition) is 3. The molecule has 4 rings (SSSR count). The van der Waals surface area contributed by atoms with Crippen LogP contribution in [0.2, 0.25) is 0 Å². The highest BCUT2D eigenvalue weighted by molar-refractivity contribution is 6.07. The first-order valence-corrected chi connectivity index (χ1v) is 12.0. The van der Waals surface area contributed by atoms with Crippen LogP contribution in [0.4, 0.5) is 38.1 Å². The number of anilines is 2. The van der Waals surface area contributed by atoms with Crippen molar-refractivity contribution in [3.63, 3.8) is 0 Å². The highest BCUT2D eigenvalue weighted by Crippen LogP contribution is 2.39. The van der Waals surface area contributed by atoms with Crippen LogP contribution < -0.4 is 15.8 Å². The quantitative estimate of drug-likeness (QED) is 0.495. The Morgan fingerprint density at radius 3 is 2.46 bits per heavy atom. The third-order valence-corrected chi connectivity index (χ3v) is 7.01. The predicted molar refractivity (Wildman–Crippen MR) is 133 cm³/mol. The molecule has 1 fully saturated rings. The first-order valence-electron chi connectivity index (χ1n) is 12.0. The number of nitrogens with zero attached hydrogens (tertiary/aromatic N) is 3. The van der Waals surface area contributed by atoms with E-state index in [0.717, 1.165) is 11.0 Å². The molecule has 1 saturated heterocycles. The fourth-order valence-electron chi connectivity index (χ4n) is 4.68. The predicted octanol–water partition coefficient (Wildman–Crippen LogP) is 3.83. The second-order valence-electron chi connectivity index (χ2n) is 9.50. The summed E-state index contributed by atoms with van der Waals surface area (Å²) < 4.78 is 72.3. The molecule has 1 aromatic carbocycles. The van der Waals surface area contributed by atoms with E-state index in [-0.39, 0.29) is 42.9 Å². The van der Waals surface area contributed by atoms with E-state index < -0.39 is 57.7 Å². The summed E-state index contributed by atoms with van der Waals surface area (Å²) in [7, 11) is 1.87. The first-order chi connectivity index (χ1) is 18.3. The molecule has 2 aromatic rings. The van der Waals surface area contributed by atoms with Crippen LogP contribution in [0.25, 0.3) is 5.57 Å². The van der Waals surface area contributed by atoms with Gasteiger partial charge in [0.1, 0.15) is 11.5 Å². The molecule has 3 heterocycles. The van der Waals surface area contributed by atoms with E-state index >= 15 is 8.78 Å². The number of carboxylic acid groups (broad SMARTS) is 1. The van der Waals surface area contributed by atoms with Crippen molar-refractivity contribution < 1.29 is 36.6 Å². The van der Waals surface area contributed by atoms with Crippen molar-refractivity contribution >= 4 is 28.9 Å². The van der Waals surface area contributed by atoms with Crippen LogP contribution in [0.5, 0.6) is 0 Å². The Kier molecular flexibility index (Phi) is 7.68. The lowest BCUT2D eigenvalue weighted by molar-refractivity contribution is -0.138. The summed E-state index contributed by atoms with van der Waals surface area (Å²) in [5.74, 6) is -3.51. The molecular formula is C25H26F5N5O4. The molecule has 2 aliphatic heterocycles. The zero-order valence-electron chi connectivity index (χ0n) is 21.0. The Morgan fingerprint density at radius 2 is 1.87 bits per heavy atom. The number of pyridine rings is 1. The van der Waals surface area contributed by atoms with E-state index in [9.17, 15) is 27.6 Å². The number of carbonyl (C=O) groups excluding carboxylic acids is 1. The molecule has 3 N–H and O–H groups in total. The van der Waals surface area contributed by atoms with E-state index in [4.69, 9.17) is 5.11 Å². The van der Waals surface area contributed by atoms with E-state index in [1.54, 1.807) is 4.90 Å². The number of benzene rings is 1. The number of H-pyrrole nitrogens is 1. The lowest BCUT2D eigenvalue weighted by atomic mass is 9.96. The maximum absolute atomic E-state index is 16.1. The highest BCUT2D eigenvalue weighted by Gasteiger charge is 2.37. The van der Waals surface area contributed by atoms with Crippen LogP contribution >= 0.6 is 0 Å².